The monoisotopic (exact) mass is 221 g/mol. The van der Waals surface area contributed by atoms with Gasteiger partial charge in [0.25, 0.3) is 0 Å². The average molecular weight is 221 g/mol. The Hall–Kier alpha value is -1.22. The van der Waals surface area contributed by atoms with E-state index in [4.69, 9.17) is 0 Å². The van der Waals surface area contributed by atoms with Crippen molar-refractivity contribution in [2.24, 2.45) is 0 Å². The molecule has 0 spiro atoms. The molecule has 0 aliphatic heterocycles. The predicted octanol–water partition coefficient (Wildman–Crippen LogP) is 1.95. The molecule has 1 aliphatic rings. The van der Waals surface area contributed by atoms with Gasteiger partial charge in [-0.1, -0.05) is 13.0 Å². The minimum atomic E-state index is -0.00119. The van der Waals surface area contributed by atoms with E-state index in [0.29, 0.717) is 6.04 Å². The van der Waals surface area contributed by atoms with E-state index in [1.54, 1.807) is 6.07 Å². The zero-order chi connectivity index (χ0) is 11.5. The van der Waals surface area contributed by atoms with E-state index >= 15 is 0 Å². The first-order valence-electron chi connectivity index (χ1n) is 5.98. The zero-order valence-electron chi connectivity index (χ0n) is 9.66. The molecule has 0 saturated heterocycles. The van der Waals surface area contributed by atoms with Gasteiger partial charge in [0.2, 0.25) is 0 Å². The van der Waals surface area contributed by atoms with Crippen LogP contribution in [0.1, 0.15) is 30.9 Å². The fraction of sp³-hybridized carbons (Fsp3) is 0.538. The van der Waals surface area contributed by atoms with Gasteiger partial charge in [-0.15, -0.1) is 0 Å². The molecule has 3 heteroatoms. The third-order valence-corrected chi connectivity index (χ3v) is 3.25. The second kappa shape index (κ2) is 4.74. The lowest BCUT2D eigenvalue weighted by atomic mass is 9.87. The minimum Gasteiger partial charge on any atom is -0.504 e. The number of nitrogens with one attached hydrogen (secondary N) is 1. The van der Waals surface area contributed by atoms with Crippen molar-refractivity contribution >= 4 is 0 Å². The van der Waals surface area contributed by atoms with Gasteiger partial charge in [0.1, 0.15) is 0 Å². The SMILES string of the molecule is CCCN[C@H]1CCc2c(ccc(O)c2O)C1. The maximum Gasteiger partial charge on any atom is 0.160 e. The third kappa shape index (κ3) is 2.14. The number of aromatic hydroxyl groups is 2. The molecule has 3 N–H and O–H groups in total. The lowest BCUT2D eigenvalue weighted by Gasteiger charge is -2.26. The summed E-state index contributed by atoms with van der Waals surface area (Å²) in [4.78, 5) is 0. The Balaban J connectivity index is 2.13. The topological polar surface area (TPSA) is 52.5 Å². The molecule has 0 fully saturated rings. The molecule has 0 bridgehead atoms. The summed E-state index contributed by atoms with van der Waals surface area (Å²) < 4.78 is 0. The predicted molar refractivity (Wildman–Crippen MR) is 63.9 cm³/mol. The Morgan fingerprint density at radius 3 is 2.94 bits per heavy atom. The van der Waals surface area contributed by atoms with Crippen LogP contribution in [0.5, 0.6) is 11.5 Å². The molecular formula is C13H19NO2. The Morgan fingerprint density at radius 2 is 2.19 bits per heavy atom. The van der Waals surface area contributed by atoms with Crippen LogP contribution in [0.15, 0.2) is 12.1 Å². The van der Waals surface area contributed by atoms with Gasteiger partial charge in [0, 0.05) is 11.6 Å². The van der Waals surface area contributed by atoms with Gasteiger partial charge in [0.05, 0.1) is 0 Å². The normalized spacial score (nSPS) is 19.4. The molecular weight excluding hydrogens is 202 g/mol. The van der Waals surface area contributed by atoms with Crippen LogP contribution in [0.2, 0.25) is 0 Å². The molecule has 1 atom stereocenters. The van der Waals surface area contributed by atoms with Gasteiger partial charge in [-0.05, 0) is 43.9 Å². The van der Waals surface area contributed by atoms with Crippen LogP contribution in [0.25, 0.3) is 0 Å². The van der Waals surface area contributed by atoms with Crippen molar-refractivity contribution in [3.8, 4) is 11.5 Å². The van der Waals surface area contributed by atoms with E-state index in [1.807, 2.05) is 6.07 Å². The van der Waals surface area contributed by atoms with E-state index in [-0.39, 0.29) is 11.5 Å². The fourth-order valence-corrected chi connectivity index (χ4v) is 2.34. The summed E-state index contributed by atoms with van der Waals surface area (Å²) >= 11 is 0. The van der Waals surface area contributed by atoms with Crippen molar-refractivity contribution in [1.29, 1.82) is 0 Å². The van der Waals surface area contributed by atoms with Crippen molar-refractivity contribution in [3.63, 3.8) is 0 Å². The highest BCUT2D eigenvalue weighted by Gasteiger charge is 2.21. The molecule has 16 heavy (non-hydrogen) atoms. The minimum absolute atomic E-state index is 0.00119. The summed E-state index contributed by atoms with van der Waals surface area (Å²) in [6.45, 7) is 3.21. The second-order valence-electron chi connectivity index (χ2n) is 4.46. The number of benzene rings is 1. The van der Waals surface area contributed by atoms with Crippen molar-refractivity contribution in [2.75, 3.05) is 6.54 Å². The van der Waals surface area contributed by atoms with Gasteiger partial charge in [-0.3, -0.25) is 0 Å². The fourth-order valence-electron chi connectivity index (χ4n) is 2.34. The number of phenolic OH excluding ortho intramolecular Hbond substituents is 2. The van der Waals surface area contributed by atoms with E-state index in [1.165, 1.54) is 0 Å². The molecule has 1 aliphatic carbocycles. The maximum absolute atomic E-state index is 9.74. The Labute approximate surface area is 96.1 Å². The van der Waals surface area contributed by atoms with Crippen molar-refractivity contribution in [3.05, 3.63) is 23.3 Å². The van der Waals surface area contributed by atoms with E-state index in [9.17, 15) is 10.2 Å². The second-order valence-corrected chi connectivity index (χ2v) is 4.46. The lowest BCUT2D eigenvalue weighted by Crippen LogP contribution is -2.34. The molecule has 3 nitrogen and oxygen atoms in total. The van der Waals surface area contributed by atoms with Crippen LogP contribution in [0, 0.1) is 0 Å². The summed E-state index contributed by atoms with van der Waals surface area (Å²) in [5.41, 5.74) is 2.09. The van der Waals surface area contributed by atoms with Gasteiger partial charge >= 0.3 is 0 Å². The molecule has 0 heterocycles. The molecule has 0 aromatic heterocycles. The summed E-state index contributed by atoms with van der Waals surface area (Å²) in [7, 11) is 0. The summed E-state index contributed by atoms with van der Waals surface area (Å²) in [6.07, 6.45) is 3.97. The lowest BCUT2D eigenvalue weighted by molar-refractivity contribution is 0.388. The quantitative estimate of drug-likeness (QED) is 0.684. The largest absolute Gasteiger partial charge is 0.504 e. The molecule has 1 aromatic rings. The Kier molecular flexibility index (Phi) is 3.34. The first-order valence-corrected chi connectivity index (χ1v) is 5.98. The van der Waals surface area contributed by atoms with Crippen molar-refractivity contribution in [2.45, 2.75) is 38.6 Å². The Morgan fingerprint density at radius 1 is 1.38 bits per heavy atom. The summed E-state index contributed by atoms with van der Waals surface area (Å²) in [5.74, 6) is 0.0742. The molecule has 0 radical (unpaired) electrons. The molecule has 0 amide bonds. The molecule has 0 saturated carbocycles. The molecule has 1 aromatic carbocycles. The van der Waals surface area contributed by atoms with Crippen molar-refractivity contribution < 1.29 is 10.2 Å². The number of rotatable bonds is 3. The highest BCUT2D eigenvalue weighted by atomic mass is 16.3. The van der Waals surface area contributed by atoms with E-state index in [2.05, 4.69) is 12.2 Å². The van der Waals surface area contributed by atoms with Crippen LogP contribution in [-0.4, -0.2) is 22.8 Å². The van der Waals surface area contributed by atoms with E-state index in [0.717, 1.165) is 43.4 Å². The average Bonchev–Trinajstić information content (AvgIpc) is 2.31. The highest BCUT2D eigenvalue weighted by Crippen LogP contribution is 2.35. The van der Waals surface area contributed by atoms with Crippen LogP contribution in [-0.2, 0) is 12.8 Å². The van der Waals surface area contributed by atoms with Gasteiger partial charge in [0.15, 0.2) is 11.5 Å². The number of hydrogen-bond acceptors (Lipinski definition) is 3. The highest BCUT2D eigenvalue weighted by molar-refractivity contribution is 5.50. The van der Waals surface area contributed by atoms with Gasteiger partial charge in [-0.25, -0.2) is 0 Å². The number of hydrogen-bond donors (Lipinski definition) is 3. The maximum atomic E-state index is 9.74. The third-order valence-electron chi connectivity index (χ3n) is 3.25. The van der Waals surface area contributed by atoms with Gasteiger partial charge in [-0.2, -0.15) is 0 Å². The van der Waals surface area contributed by atoms with Crippen molar-refractivity contribution in [1.82, 2.24) is 5.32 Å². The molecule has 0 unspecified atom stereocenters. The van der Waals surface area contributed by atoms with Crippen LogP contribution in [0.3, 0.4) is 0 Å². The van der Waals surface area contributed by atoms with Crippen LogP contribution >= 0.6 is 0 Å². The summed E-state index contributed by atoms with van der Waals surface area (Å²) in [6, 6.07) is 4.01. The summed E-state index contributed by atoms with van der Waals surface area (Å²) in [5, 5.41) is 22.7. The van der Waals surface area contributed by atoms with Crippen LogP contribution in [0.4, 0.5) is 0 Å². The van der Waals surface area contributed by atoms with Gasteiger partial charge < -0.3 is 15.5 Å². The van der Waals surface area contributed by atoms with Crippen LogP contribution < -0.4 is 5.32 Å². The zero-order valence-corrected chi connectivity index (χ0v) is 9.66. The Bertz CT molecular complexity index is 376. The number of phenols is 2. The molecule has 88 valence electrons. The first-order chi connectivity index (χ1) is 7.72. The standard InChI is InChI=1S/C13H19NO2/c1-2-7-14-10-4-5-11-9(8-10)3-6-12(15)13(11)16/h3,6,10,14-16H,2,4-5,7-8H2,1H3/t10-/m0/s1. The smallest absolute Gasteiger partial charge is 0.160 e. The number of fused-ring (bicyclic) bond motifs is 1. The van der Waals surface area contributed by atoms with E-state index < -0.39 is 0 Å². The first kappa shape index (κ1) is 11.3. The molecule has 2 rings (SSSR count).